The third kappa shape index (κ3) is 3.81. The molecule has 1 rings (SSSR count). The van der Waals surface area contributed by atoms with Gasteiger partial charge in [0.25, 0.3) is 0 Å². The van der Waals surface area contributed by atoms with E-state index in [0.29, 0.717) is 5.92 Å². The number of likely N-dealkylation sites (N-methyl/N-ethyl adjacent to an activating group) is 1. The lowest BCUT2D eigenvalue weighted by atomic mass is 10.1. The molecule has 92 valence electrons. The number of carbonyl (C=O) groups is 2. The minimum Gasteiger partial charge on any atom is -0.480 e. The Labute approximate surface area is 96.0 Å². The first kappa shape index (κ1) is 13.0. The van der Waals surface area contributed by atoms with Crippen LogP contribution in [0, 0.1) is 5.92 Å². The number of hydrogen-bond donors (Lipinski definition) is 1. The molecule has 1 saturated heterocycles. The number of nitrogens with zero attached hydrogens (tertiary/aromatic N) is 2. The molecule has 1 aliphatic rings. The molecule has 0 spiro atoms. The highest BCUT2D eigenvalue weighted by Crippen LogP contribution is 2.17. The molecular formula is C11H20N2O3. The van der Waals surface area contributed by atoms with Crippen LogP contribution >= 0.6 is 0 Å². The summed E-state index contributed by atoms with van der Waals surface area (Å²) >= 11 is 0. The standard InChI is InChI=1S/C11H20N2O3/c1-3-12(8-11(15)16)6-10-4-5-13(7-10)9(2)14/h10H,3-8H2,1-2H3,(H,15,16). The van der Waals surface area contributed by atoms with Crippen LogP contribution < -0.4 is 0 Å². The molecule has 1 fully saturated rings. The van der Waals surface area contributed by atoms with Gasteiger partial charge in [0.05, 0.1) is 6.54 Å². The smallest absolute Gasteiger partial charge is 0.317 e. The van der Waals surface area contributed by atoms with E-state index >= 15 is 0 Å². The summed E-state index contributed by atoms with van der Waals surface area (Å²) in [5.74, 6) is -0.254. The van der Waals surface area contributed by atoms with Crippen molar-refractivity contribution >= 4 is 11.9 Å². The fourth-order valence-electron chi connectivity index (χ4n) is 2.13. The van der Waals surface area contributed by atoms with E-state index in [0.717, 1.165) is 32.6 Å². The maximum Gasteiger partial charge on any atom is 0.317 e. The number of likely N-dealkylation sites (tertiary alicyclic amines) is 1. The lowest BCUT2D eigenvalue weighted by Gasteiger charge is -2.22. The SMILES string of the molecule is CCN(CC(=O)O)CC1CCN(C(C)=O)C1. The second-order valence-corrected chi connectivity index (χ2v) is 4.34. The predicted molar refractivity (Wildman–Crippen MR) is 60.1 cm³/mol. The maximum atomic E-state index is 11.1. The van der Waals surface area contributed by atoms with Crippen molar-refractivity contribution in [1.82, 2.24) is 9.80 Å². The maximum absolute atomic E-state index is 11.1. The van der Waals surface area contributed by atoms with Crippen LogP contribution in [0.1, 0.15) is 20.3 Å². The van der Waals surface area contributed by atoms with Crippen LogP contribution in [-0.2, 0) is 9.59 Å². The Morgan fingerprint density at radius 2 is 2.19 bits per heavy atom. The summed E-state index contributed by atoms with van der Waals surface area (Å²) in [6.07, 6.45) is 0.982. The molecule has 0 aliphatic carbocycles. The quantitative estimate of drug-likeness (QED) is 0.733. The van der Waals surface area contributed by atoms with Crippen molar-refractivity contribution in [2.45, 2.75) is 20.3 Å². The van der Waals surface area contributed by atoms with Gasteiger partial charge in [-0.25, -0.2) is 0 Å². The van der Waals surface area contributed by atoms with Crippen molar-refractivity contribution in [2.24, 2.45) is 5.92 Å². The lowest BCUT2D eigenvalue weighted by molar-refractivity contribution is -0.138. The first-order chi connectivity index (χ1) is 7.52. The largest absolute Gasteiger partial charge is 0.480 e. The zero-order valence-corrected chi connectivity index (χ0v) is 9.98. The second kappa shape index (κ2) is 5.84. The van der Waals surface area contributed by atoms with E-state index in [9.17, 15) is 9.59 Å². The van der Waals surface area contributed by atoms with Crippen molar-refractivity contribution in [1.29, 1.82) is 0 Å². The molecule has 0 bridgehead atoms. The molecule has 1 atom stereocenters. The average Bonchev–Trinajstić information content (AvgIpc) is 2.64. The van der Waals surface area contributed by atoms with Crippen LogP contribution in [0.2, 0.25) is 0 Å². The molecule has 0 radical (unpaired) electrons. The van der Waals surface area contributed by atoms with Crippen molar-refractivity contribution in [3.05, 3.63) is 0 Å². The van der Waals surface area contributed by atoms with Crippen LogP contribution in [-0.4, -0.2) is 59.5 Å². The van der Waals surface area contributed by atoms with Gasteiger partial charge in [-0.05, 0) is 18.9 Å². The number of aliphatic carboxylic acids is 1. The Kier molecular flexibility index (Phi) is 4.73. The van der Waals surface area contributed by atoms with Crippen LogP contribution in [0.25, 0.3) is 0 Å². The fraction of sp³-hybridized carbons (Fsp3) is 0.818. The third-order valence-electron chi connectivity index (χ3n) is 3.05. The highest BCUT2D eigenvalue weighted by molar-refractivity contribution is 5.73. The van der Waals surface area contributed by atoms with Crippen molar-refractivity contribution < 1.29 is 14.7 Å². The van der Waals surface area contributed by atoms with Crippen molar-refractivity contribution in [2.75, 3.05) is 32.7 Å². The molecule has 0 saturated carbocycles. The van der Waals surface area contributed by atoms with Gasteiger partial charge in [-0.1, -0.05) is 6.92 Å². The fourth-order valence-corrected chi connectivity index (χ4v) is 2.13. The van der Waals surface area contributed by atoms with Crippen LogP contribution in [0.4, 0.5) is 0 Å². The van der Waals surface area contributed by atoms with Gasteiger partial charge >= 0.3 is 5.97 Å². The molecule has 0 aromatic carbocycles. The summed E-state index contributed by atoms with van der Waals surface area (Å²) in [6.45, 7) is 6.72. The summed E-state index contributed by atoms with van der Waals surface area (Å²) in [5.41, 5.74) is 0. The molecular weight excluding hydrogens is 208 g/mol. The molecule has 1 amide bonds. The minimum absolute atomic E-state index is 0.0903. The molecule has 1 aliphatic heterocycles. The predicted octanol–water partition coefficient (Wildman–Crippen LogP) is 0.261. The summed E-state index contributed by atoms with van der Waals surface area (Å²) in [6, 6.07) is 0. The number of rotatable bonds is 5. The molecule has 1 heterocycles. The highest BCUT2D eigenvalue weighted by Gasteiger charge is 2.25. The molecule has 0 aromatic heterocycles. The number of hydrogen-bond acceptors (Lipinski definition) is 3. The zero-order chi connectivity index (χ0) is 12.1. The van der Waals surface area contributed by atoms with E-state index in [2.05, 4.69) is 0 Å². The Morgan fingerprint density at radius 1 is 1.50 bits per heavy atom. The molecule has 16 heavy (non-hydrogen) atoms. The Hall–Kier alpha value is -1.10. The first-order valence-corrected chi connectivity index (χ1v) is 5.72. The Morgan fingerprint density at radius 3 is 2.62 bits per heavy atom. The van der Waals surface area contributed by atoms with Crippen LogP contribution in [0.15, 0.2) is 0 Å². The van der Waals surface area contributed by atoms with E-state index in [-0.39, 0.29) is 12.5 Å². The summed E-state index contributed by atoms with van der Waals surface area (Å²) in [5, 5.41) is 8.72. The summed E-state index contributed by atoms with van der Waals surface area (Å²) in [4.78, 5) is 25.5. The van der Waals surface area contributed by atoms with Crippen LogP contribution in [0.5, 0.6) is 0 Å². The van der Waals surface area contributed by atoms with Crippen LogP contribution in [0.3, 0.4) is 0 Å². The number of amides is 1. The number of carboxylic acid groups (broad SMARTS) is 1. The van der Waals surface area contributed by atoms with Gasteiger partial charge < -0.3 is 10.0 Å². The lowest BCUT2D eigenvalue weighted by Crippen LogP contribution is -2.35. The molecule has 1 unspecified atom stereocenters. The highest BCUT2D eigenvalue weighted by atomic mass is 16.4. The zero-order valence-electron chi connectivity index (χ0n) is 9.98. The number of carbonyl (C=O) groups excluding carboxylic acids is 1. The molecule has 1 N–H and O–H groups in total. The molecule has 5 heteroatoms. The van der Waals surface area contributed by atoms with Gasteiger partial charge in [0.15, 0.2) is 0 Å². The van der Waals surface area contributed by atoms with E-state index in [1.54, 1.807) is 6.92 Å². The van der Waals surface area contributed by atoms with Crippen molar-refractivity contribution in [3.8, 4) is 0 Å². The van der Waals surface area contributed by atoms with Gasteiger partial charge in [-0.3, -0.25) is 14.5 Å². The topological polar surface area (TPSA) is 60.9 Å². The molecule has 5 nitrogen and oxygen atoms in total. The Bertz CT molecular complexity index is 268. The van der Waals surface area contributed by atoms with Gasteiger partial charge in [-0.15, -0.1) is 0 Å². The monoisotopic (exact) mass is 228 g/mol. The summed E-state index contributed by atoms with van der Waals surface area (Å²) < 4.78 is 0. The van der Waals surface area contributed by atoms with E-state index in [1.807, 2.05) is 16.7 Å². The van der Waals surface area contributed by atoms with E-state index < -0.39 is 5.97 Å². The Balaban J connectivity index is 2.37. The van der Waals surface area contributed by atoms with Crippen molar-refractivity contribution in [3.63, 3.8) is 0 Å². The van der Waals surface area contributed by atoms with Gasteiger partial charge in [0.2, 0.25) is 5.91 Å². The normalized spacial score (nSPS) is 20.4. The van der Waals surface area contributed by atoms with Gasteiger partial charge in [-0.2, -0.15) is 0 Å². The third-order valence-corrected chi connectivity index (χ3v) is 3.05. The summed E-state index contributed by atoms with van der Waals surface area (Å²) in [7, 11) is 0. The minimum atomic E-state index is -0.789. The van der Waals surface area contributed by atoms with Gasteiger partial charge in [0.1, 0.15) is 0 Å². The second-order valence-electron chi connectivity index (χ2n) is 4.34. The average molecular weight is 228 g/mol. The first-order valence-electron chi connectivity index (χ1n) is 5.72. The number of carboxylic acids is 1. The van der Waals surface area contributed by atoms with Gasteiger partial charge in [0, 0.05) is 26.6 Å². The van der Waals surface area contributed by atoms with E-state index in [1.165, 1.54) is 0 Å². The molecule has 0 aromatic rings. The van der Waals surface area contributed by atoms with E-state index in [4.69, 9.17) is 5.11 Å².